The first-order valence-corrected chi connectivity index (χ1v) is 9.87. The van der Waals surface area contributed by atoms with Crippen LogP contribution in [0.4, 0.5) is 4.39 Å². The highest BCUT2D eigenvalue weighted by Gasteiger charge is 2.37. The van der Waals surface area contributed by atoms with Crippen LogP contribution in [-0.2, 0) is 11.8 Å². The number of aryl methyl sites for hydroxylation is 1. The number of nitrogens with one attached hydrogen (secondary N) is 2. The van der Waals surface area contributed by atoms with Gasteiger partial charge in [0, 0.05) is 32.3 Å². The van der Waals surface area contributed by atoms with Crippen molar-refractivity contribution in [1.29, 1.82) is 0 Å². The molecule has 2 fully saturated rings. The summed E-state index contributed by atoms with van der Waals surface area (Å²) in [6, 6.07) is 6.54. The van der Waals surface area contributed by atoms with E-state index in [1.165, 1.54) is 25.0 Å². The van der Waals surface area contributed by atoms with Gasteiger partial charge in [0.15, 0.2) is 0 Å². The lowest BCUT2D eigenvalue weighted by Gasteiger charge is -2.28. The van der Waals surface area contributed by atoms with E-state index < -0.39 is 0 Å². The normalized spacial score (nSPS) is 24.2. The zero-order valence-corrected chi connectivity index (χ0v) is 15.7. The van der Waals surface area contributed by atoms with Crippen LogP contribution in [0.15, 0.2) is 36.7 Å². The van der Waals surface area contributed by atoms with Crippen molar-refractivity contribution in [2.24, 2.45) is 18.9 Å². The molecule has 2 heterocycles. The minimum absolute atomic E-state index is 0.0456. The third-order valence-electron chi connectivity index (χ3n) is 6.10. The van der Waals surface area contributed by atoms with Gasteiger partial charge in [0.1, 0.15) is 5.82 Å². The van der Waals surface area contributed by atoms with Gasteiger partial charge < -0.3 is 10.6 Å². The number of aromatic nitrogens is 2. The molecule has 3 atom stereocenters. The molecule has 6 heteroatoms. The molecule has 2 aromatic rings. The van der Waals surface area contributed by atoms with E-state index >= 15 is 0 Å². The molecule has 1 amide bonds. The summed E-state index contributed by atoms with van der Waals surface area (Å²) in [5.74, 6) is 0.280. The average molecular weight is 370 g/mol. The van der Waals surface area contributed by atoms with Crippen LogP contribution in [0, 0.1) is 17.7 Å². The fourth-order valence-corrected chi connectivity index (χ4v) is 4.63. The Morgan fingerprint density at radius 3 is 2.67 bits per heavy atom. The van der Waals surface area contributed by atoms with Gasteiger partial charge in [-0.2, -0.15) is 5.10 Å². The molecule has 1 unspecified atom stereocenters. The predicted octanol–water partition coefficient (Wildman–Crippen LogP) is 2.91. The SMILES string of the molecule is Cn1cc([C@H]2CNC[C@@H]2C(=O)NC(c2ccc(F)cc2)C2CCCC2)cn1. The Balaban J connectivity index is 1.53. The van der Waals surface area contributed by atoms with E-state index in [0.29, 0.717) is 12.5 Å². The first-order valence-electron chi connectivity index (χ1n) is 9.87. The summed E-state index contributed by atoms with van der Waals surface area (Å²) in [6.07, 6.45) is 8.45. The number of carbonyl (C=O) groups is 1. The lowest BCUT2D eigenvalue weighted by atomic mass is 9.87. The van der Waals surface area contributed by atoms with E-state index in [-0.39, 0.29) is 29.6 Å². The van der Waals surface area contributed by atoms with Crippen LogP contribution in [0.2, 0.25) is 0 Å². The largest absolute Gasteiger partial charge is 0.349 e. The minimum Gasteiger partial charge on any atom is -0.349 e. The molecular weight excluding hydrogens is 343 g/mol. The van der Waals surface area contributed by atoms with Crippen LogP contribution in [0.5, 0.6) is 0 Å². The first-order chi connectivity index (χ1) is 13.1. The van der Waals surface area contributed by atoms with E-state index in [1.807, 2.05) is 31.6 Å². The molecule has 1 aliphatic carbocycles. The summed E-state index contributed by atoms with van der Waals surface area (Å²) in [6.45, 7) is 1.46. The summed E-state index contributed by atoms with van der Waals surface area (Å²) in [5.41, 5.74) is 2.10. The van der Waals surface area contributed by atoms with Crippen molar-refractivity contribution in [2.75, 3.05) is 13.1 Å². The van der Waals surface area contributed by atoms with Crippen molar-refractivity contribution in [3.8, 4) is 0 Å². The molecule has 5 nitrogen and oxygen atoms in total. The third kappa shape index (κ3) is 3.90. The highest BCUT2D eigenvalue weighted by atomic mass is 19.1. The molecule has 1 saturated carbocycles. The van der Waals surface area contributed by atoms with Crippen LogP contribution < -0.4 is 10.6 Å². The van der Waals surface area contributed by atoms with E-state index in [1.54, 1.807) is 4.68 Å². The second-order valence-electron chi connectivity index (χ2n) is 7.90. The Hall–Kier alpha value is -2.21. The molecule has 144 valence electrons. The topological polar surface area (TPSA) is 59.0 Å². The number of hydrogen-bond donors (Lipinski definition) is 2. The van der Waals surface area contributed by atoms with Gasteiger partial charge in [-0.25, -0.2) is 4.39 Å². The lowest BCUT2D eigenvalue weighted by molar-refractivity contribution is -0.126. The van der Waals surface area contributed by atoms with Gasteiger partial charge in [0.25, 0.3) is 0 Å². The van der Waals surface area contributed by atoms with Crippen LogP contribution in [-0.4, -0.2) is 28.8 Å². The van der Waals surface area contributed by atoms with Crippen molar-refractivity contribution in [2.45, 2.75) is 37.6 Å². The van der Waals surface area contributed by atoms with Crippen molar-refractivity contribution < 1.29 is 9.18 Å². The molecule has 1 aromatic heterocycles. The molecule has 2 aliphatic rings. The van der Waals surface area contributed by atoms with Gasteiger partial charge in [-0.3, -0.25) is 9.48 Å². The fourth-order valence-electron chi connectivity index (χ4n) is 4.63. The second-order valence-corrected chi connectivity index (χ2v) is 7.90. The maximum Gasteiger partial charge on any atom is 0.225 e. The molecule has 2 N–H and O–H groups in total. The van der Waals surface area contributed by atoms with Gasteiger partial charge >= 0.3 is 0 Å². The highest BCUT2D eigenvalue weighted by molar-refractivity contribution is 5.81. The summed E-state index contributed by atoms with van der Waals surface area (Å²) >= 11 is 0. The number of nitrogens with zero attached hydrogens (tertiary/aromatic N) is 2. The Kier molecular flexibility index (Phi) is 5.25. The maximum absolute atomic E-state index is 13.4. The van der Waals surface area contributed by atoms with Crippen molar-refractivity contribution in [1.82, 2.24) is 20.4 Å². The van der Waals surface area contributed by atoms with E-state index in [2.05, 4.69) is 15.7 Å². The van der Waals surface area contributed by atoms with Crippen LogP contribution in [0.25, 0.3) is 0 Å². The average Bonchev–Trinajstić information content (AvgIpc) is 3.41. The molecule has 1 saturated heterocycles. The van der Waals surface area contributed by atoms with Crippen molar-refractivity contribution in [3.05, 3.63) is 53.6 Å². The Labute approximate surface area is 159 Å². The molecule has 1 aliphatic heterocycles. The first kappa shape index (κ1) is 18.2. The van der Waals surface area contributed by atoms with Crippen LogP contribution in [0.3, 0.4) is 0 Å². The van der Waals surface area contributed by atoms with E-state index in [4.69, 9.17) is 0 Å². The molecule has 4 rings (SSSR count). The number of amides is 1. The number of halogens is 1. The van der Waals surface area contributed by atoms with Crippen molar-refractivity contribution >= 4 is 5.91 Å². The summed E-state index contributed by atoms with van der Waals surface area (Å²) < 4.78 is 15.2. The minimum atomic E-state index is -0.244. The maximum atomic E-state index is 13.4. The Morgan fingerprint density at radius 1 is 1.26 bits per heavy atom. The van der Waals surface area contributed by atoms with Gasteiger partial charge in [0.2, 0.25) is 5.91 Å². The predicted molar refractivity (Wildman–Crippen MR) is 102 cm³/mol. The summed E-state index contributed by atoms with van der Waals surface area (Å²) in [7, 11) is 1.89. The number of hydrogen-bond acceptors (Lipinski definition) is 3. The monoisotopic (exact) mass is 370 g/mol. The van der Waals surface area contributed by atoms with Gasteiger partial charge in [-0.15, -0.1) is 0 Å². The lowest BCUT2D eigenvalue weighted by Crippen LogP contribution is -2.39. The van der Waals surface area contributed by atoms with Crippen LogP contribution in [0.1, 0.15) is 48.8 Å². The molecule has 1 aromatic carbocycles. The highest BCUT2D eigenvalue weighted by Crippen LogP contribution is 2.37. The van der Waals surface area contributed by atoms with Gasteiger partial charge in [-0.1, -0.05) is 25.0 Å². The molecule has 0 radical (unpaired) electrons. The summed E-state index contributed by atoms with van der Waals surface area (Å²) in [4.78, 5) is 13.2. The zero-order valence-electron chi connectivity index (χ0n) is 15.7. The van der Waals surface area contributed by atoms with Crippen molar-refractivity contribution in [3.63, 3.8) is 0 Å². The standard InChI is InChI=1S/C21H27FN4O/c1-26-13-16(10-24-26)18-11-23-12-19(18)21(27)25-20(14-4-2-3-5-14)15-6-8-17(22)9-7-15/h6-10,13-14,18-20,23H,2-5,11-12H2,1H3,(H,25,27)/t18-,19+,20?/m1/s1. The smallest absolute Gasteiger partial charge is 0.225 e. The Bertz CT molecular complexity index is 782. The number of benzene rings is 1. The molecular formula is C21H27FN4O. The molecule has 0 bridgehead atoms. The van der Waals surface area contributed by atoms with Gasteiger partial charge in [-0.05, 0) is 42.0 Å². The zero-order chi connectivity index (χ0) is 18.8. The number of rotatable bonds is 5. The third-order valence-corrected chi connectivity index (χ3v) is 6.10. The van der Waals surface area contributed by atoms with Gasteiger partial charge in [0.05, 0.1) is 18.2 Å². The molecule has 27 heavy (non-hydrogen) atoms. The quantitative estimate of drug-likeness (QED) is 0.851. The van der Waals surface area contributed by atoms with E-state index in [0.717, 1.165) is 30.5 Å². The fraction of sp³-hybridized carbons (Fsp3) is 0.524. The number of carbonyl (C=O) groups excluding carboxylic acids is 1. The molecule has 0 spiro atoms. The summed E-state index contributed by atoms with van der Waals surface area (Å²) in [5, 5.41) is 10.9. The second kappa shape index (κ2) is 7.80. The Morgan fingerprint density at radius 2 is 2.00 bits per heavy atom. The van der Waals surface area contributed by atoms with Crippen LogP contribution >= 0.6 is 0 Å². The van der Waals surface area contributed by atoms with E-state index in [9.17, 15) is 9.18 Å².